The van der Waals surface area contributed by atoms with Gasteiger partial charge < -0.3 is 25.0 Å². The second-order valence-corrected chi connectivity index (χ2v) is 9.34. The first-order valence-corrected chi connectivity index (χ1v) is 12.9. The predicted molar refractivity (Wildman–Crippen MR) is 147 cm³/mol. The van der Waals surface area contributed by atoms with Crippen molar-refractivity contribution in [2.75, 3.05) is 60.6 Å². The van der Waals surface area contributed by atoms with Crippen LogP contribution in [0.5, 0.6) is 5.75 Å². The Kier molecular flexibility index (Phi) is 8.26. The smallest absolute Gasteiger partial charge is 0.416 e. The number of rotatable bonds is 8. The van der Waals surface area contributed by atoms with Gasteiger partial charge in [0, 0.05) is 31.6 Å². The molecule has 2 fully saturated rings. The van der Waals surface area contributed by atoms with Crippen LogP contribution in [-0.4, -0.2) is 55.9 Å². The molecule has 10 nitrogen and oxygen atoms in total. The molecule has 3 heterocycles. The molecule has 1 aromatic heterocycles. The first kappa shape index (κ1) is 28.2. The lowest BCUT2D eigenvalue weighted by Gasteiger charge is -2.31. The number of nitrogens with one attached hydrogen (secondary N) is 2. The van der Waals surface area contributed by atoms with E-state index in [9.17, 15) is 18.0 Å². The fourth-order valence-electron chi connectivity index (χ4n) is 4.78. The second kappa shape index (κ2) is 12.0. The Morgan fingerprint density at radius 3 is 2.66 bits per heavy atom. The monoisotopic (exact) mass is 570 g/mol. The highest BCUT2D eigenvalue weighted by Crippen LogP contribution is 2.40. The summed E-state index contributed by atoms with van der Waals surface area (Å²) in [6.07, 6.45) is -1.45. The number of alkyl halides is 3. The molecule has 13 heteroatoms. The zero-order valence-electron chi connectivity index (χ0n) is 22.3. The number of aromatic nitrogens is 2. The number of anilines is 5. The lowest BCUT2D eigenvalue weighted by atomic mass is 10.0. The number of morpholine rings is 1. The number of carbonyl (C=O) groups is 1. The van der Waals surface area contributed by atoms with Crippen molar-refractivity contribution in [1.82, 2.24) is 9.97 Å². The zero-order chi connectivity index (χ0) is 29.0. The van der Waals surface area contributed by atoms with Crippen molar-refractivity contribution in [1.29, 1.82) is 0 Å². The van der Waals surface area contributed by atoms with E-state index in [1.54, 1.807) is 18.2 Å². The molecule has 216 valence electrons. The van der Waals surface area contributed by atoms with Gasteiger partial charge in [0.05, 0.1) is 55.6 Å². The molecule has 2 N–H and O–H groups in total. The standard InChI is InChI=1S/C28H29F3N6O4/c1-3-27(38)35-20-14-21(24(39-2)15-23(20)36-8-11-40-12-9-36)34-25-16-26(33-17-32-25)37-22(7-10-41-37)18-5-4-6-19(13-18)28(29,30)31/h3-6,13-17,22H,1,7-12H2,2H3,(H,35,38)(H,32,33,34). The number of methoxy groups -OCH3 is 1. The predicted octanol–water partition coefficient (Wildman–Crippen LogP) is 5.09. The Balaban J connectivity index is 1.44. The van der Waals surface area contributed by atoms with Crippen molar-refractivity contribution < 1.29 is 32.3 Å². The zero-order valence-corrected chi connectivity index (χ0v) is 22.3. The number of amides is 1. The molecule has 5 rings (SSSR count). The van der Waals surface area contributed by atoms with Gasteiger partial charge >= 0.3 is 6.18 Å². The molecule has 0 aliphatic carbocycles. The number of hydrogen-bond donors (Lipinski definition) is 2. The third kappa shape index (κ3) is 6.36. The van der Waals surface area contributed by atoms with Gasteiger partial charge in [-0.1, -0.05) is 18.7 Å². The largest absolute Gasteiger partial charge is 0.494 e. The number of halogens is 3. The van der Waals surface area contributed by atoms with Crippen molar-refractivity contribution in [3.05, 3.63) is 72.6 Å². The van der Waals surface area contributed by atoms with Crippen LogP contribution in [0.15, 0.2) is 61.4 Å². The molecule has 0 radical (unpaired) electrons. The molecule has 1 atom stereocenters. The van der Waals surface area contributed by atoms with Crippen molar-refractivity contribution in [3.63, 3.8) is 0 Å². The minimum Gasteiger partial charge on any atom is -0.494 e. The maximum Gasteiger partial charge on any atom is 0.416 e. The molecule has 2 saturated heterocycles. The first-order valence-electron chi connectivity index (χ1n) is 12.9. The third-order valence-electron chi connectivity index (χ3n) is 6.76. The van der Waals surface area contributed by atoms with Crippen LogP contribution in [0.2, 0.25) is 0 Å². The number of benzene rings is 2. The Morgan fingerprint density at radius 1 is 1.12 bits per heavy atom. The van der Waals surface area contributed by atoms with E-state index in [1.807, 2.05) is 6.07 Å². The second-order valence-electron chi connectivity index (χ2n) is 9.34. The molecule has 1 amide bonds. The fraction of sp³-hybridized carbons (Fsp3) is 0.321. The first-order chi connectivity index (χ1) is 19.8. The summed E-state index contributed by atoms with van der Waals surface area (Å²) in [6.45, 7) is 6.26. The summed E-state index contributed by atoms with van der Waals surface area (Å²) in [5, 5.41) is 7.56. The molecule has 2 aromatic carbocycles. The normalized spacial score (nSPS) is 17.3. The van der Waals surface area contributed by atoms with Gasteiger partial charge in [0.2, 0.25) is 5.91 Å². The minimum absolute atomic E-state index is 0.316. The van der Waals surface area contributed by atoms with E-state index >= 15 is 0 Å². The van der Waals surface area contributed by atoms with Gasteiger partial charge in [-0.2, -0.15) is 13.2 Å². The van der Waals surface area contributed by atoms with Crippen molar-refractivity contribution in [2.45, 2.75) is 18.6 Å². The van der Waals surface area contributed by atoms with Gasteiger partial charge in [-0.25, -0.2) is 15.0 Å². The van der Waals surface area contributed by atoms with Crippen LogP contribution in [0.1, 0.15) is 23.6 Å². The fourth-order valence-corrected chi connectivity index (χ4v) is 4.78. The van der Waals surface area contributed by atoms with Crippen LogP contribution in [0, 0.1) is 0 Å². The summed E-state index contributed by atoms with van der Waals surface area (Å²) in [5.74, 6) is 0.882. The van der Waals surface area contributed by atoms with Gasteiger partial charge in [-0.15, -0.1) is 0 Å². The average molecular weight is 571 g/mol. The van der Waals surface area contributed by atoms with E-state index in [1.165, 1.54) is 30.6 Å². The summed E-state index contributed by atoms with van der Waals surface area (Å²) >= 11 is 0. The highest BCUT2D eigenvalue weighted by Gasteiger charge is 2.34. The maximum absolute atomic E-state index is 13.3. The third-order valence-corrected chi connectivity index (χ3v) is 6.76. The Morgan fingerprint density at radius 2 is 1.93 bits per heavy atom. The van der Waals surface area contributed by atoms with Crippen LogP contribution in [-0.2, 0) is 20.5 Å². The van der Waals surface area contributed by atoms with Crippen LogP contribution in [0.4, 0.5) is 41.9 Å². The molecule has 41 heavy (non-hydrogen) atoms. The number of ether oxygens (including phenoxy) is 2. The van der Waals surface area contributed by atoms with E-state index in [2.05, 4.69) is 32.1 Å². The molecule has 0 spiro atoms. The summed E-state index contributed by atoms with van der Waals surface area (Å²) in [7, 11) is 1.54. The highest BCUT2D eigenvalue weighted by atomic mass is 19.4. The van der Waals surface area contributed by atoms with E-state index in [0.29, 0.717) is 73.7 Å². The van der Waals surface area contributed by atoms with Crippen LogP contribution in [0.3, 0.4) is 0 Å². The van der Waals surface area contributed by atoms with Crippen LogP contribution < -0.4 is 25.3 Å². The number of hydrogen-bond acceptors (Lipinski definition) is 9. The molecule has 2 aliphatic heterocycles. The van der Waals surface area contributed by atoms with Gasteiger partial charge in [0.15, 0.2) is 5.82 Å². The van der Waals surface area contributed by atoms with E-state index < -0.39 is 17.8 Å². The van der Waals surface area contributed by atoms with Crippen molar-refractivity contribution >= 4 is 34.6 Å². The average Bonchev–Trinajstić information content (AvgIpc) is 3.48. The van der Waals surface area contributed by atoms with E-state index in [-0.39, 0.29) is 5.91 Å². The van der Waals surface area contributed by atoms with Crippen LogP contribution in [0.25, 0.3) is 0 Å². The lowest BCUT2D eigenvalue weighted by Crippen LogP contribution is -2.36. The van der Waals surface area contributed by atoms with Gasteiger partial charge in [-0.3, -0.25) is 9.63 Å². The van der Waals surface area contributed by atoms with E-state index in [4.69, 9.17) is 14.3 Å². The minimum atomic E-state index is -4.45. The highest BCUT2D eigenvalue weighted by molar-refractivity contribution is 6.02. The van der Waals surface area contributed by atoms with Gasteiger partial charge in [0.1, 0.15) is 17.9 Å². The number of hydroxylamine groups is 1. The molecular weight excluding hydrogens is 541 g/mol. The molecule has 0 bridgehead atoms. The number of nitrogens with zero attached hydrogens (tertiary/aromatic N) is 4. The van der Waals surface area contributed by atoms with Crippen LogP contribution >= 0.6 is 0 Å². The summed E-state index contributed by atoms with van der Waals surface area (Å²) in [5.41, 5.74) is 1.57. The molecule has 2 aliphatic rings. The molecule has 3 aromatic rings. The lowest BCUT2D eigenvalue weighted by molar-refractivity contribution is -0.137. The van der Waals surface area contributed by atoms with Gasteiger partial charge in [0.25, 0.3) is 0 Å². The summed E-state index contributed by atoms with van der Waals surface area (Å²) in [6, 6.07) is 9.92. The topological polar surface area (TPSA) is 101 Å². The molecule has 0 saturated carbocycles. The summed E-state index contributed by atoms with van der Waals surface area (Å²) in [4.78, 5) is 28.7. The Bertz CT molecular complexity index is 1410. The SMILES string of the molecule is C=CC(=O)Nc1cc(Nc2cc(N3OCCC3c3cccc(C(F)(F)F)c3)ncn2)c(OC)cc1N1CCOCC1. The van der Waals surface area contributed by atoms with Crippen molar-refractivity contribution in [2.24, 2.45) is 0 Å². The molecular formula is C28H29F3N6O4. The van der Waals surface area contributed by atoms with E-state index in [0.717, 1.165) is 17.8 Å². The Hall–Kier alpha value is -4.36. The Labute approximate surface area is 234 Å². The number of carbonyl (C=O) groups excluding carboxylic acids is 1. The molecule has 1 unspecified atom stereocenters. The van der Waals surface area contributed by atoms with Gasteiger partial charge in [-0.05, 0) is 29.8 Å². The maximum atomic E-state index is 13.3. The quantitative estimate of drug-likeness (QED) is 0.359. The summed E-state index contributed by atoms with van der Waals surface area (Å²) < 4.78 is 51.1. The van der Waals surface area contributed by atoms with Crippen molar-refractivity contribution in [3.8, 4) is 5.75 Å².